The zero-order valence-corrected chi connectivity index (χ0v) is 23.7. The molecule has 0 bridgehead atoms. The number of amides is 2. The number of hydrogen-bond acceptors (Lipinski definition) is 5. The highest BCUT2D eigenvalue weighted by atomic mass is 35.5. The number of nitrogens with zero attached hydrogens (tertiary/aromatic N) is 4. The molecule has 13 heteroatoms. The Bertz CT molecular complexity index is 1100. The average Bonchev–Trinajstić information content (AvgIpc) is 2.80. The van der Waals surface area contributed by atoms with Gasteiger partial charge in [0.15, 0.2) is 6.54 Å². The van der Waals surface area contributed by atoms with Crippen LogP contribution in [0.15, 0.2) is 24.3 Å². The molecule has 1 fully saturated rings. The number of hydrogen-bond donors (Lipinski definition) is 2. The molecule has 36 heavy (non-hydrogen) atoms. The summed E-state index contributed by atoms with van der Waals surface area (Å²) >= 11 is 24.5. The third-order valence-electron chi connectivity index (χ3n) is 6.28. The van der Waals surface area contributed by atoms with E-state index in [1.54, 1.807) is 13.8 Å². The van der Waals surface area contributed by atoms with Crippen molar-refractivity contribution in [2.75, 3.05) is 56.4 Å². The average molecular weight is 601 g/mol. The van der Waals surface area contributed by atoms with Crippen LogP contribution in [0, 0.1) is 13.8 Å². The molecule has 0 atom stereocenters. The van der Waals surface area contributed by atoms with E-state index in [1.165, 1.54) is 24.3 Å². The normalized spacial score (nSPS) is 15.2. The molecule has 1 heterocycles. The summed E-state index contributed by atoms with van der Waals surface area (Å²) in [6.07, 6.45) is 0. The van der Waals surface area contributed by atoms with Gasteiger partial charge in [-0.2, -0.15) is 10.1 Å². The summed E-state index contributed by atoms with van der Waals surface area (Å²) in [5.74, 6) is -1.02. The topological polar surface area (TPSA) is 84.3 Å². The van der Waals surface area contributed by atoms with E-state index in [0.29, 0.717) is 72.0 Å². The molecule has 2 aromatic carbocycles. The largest absolute Gasteiger partial charge is 1.00 e. The number of anilines is 2. The quantitative estimate of drug-likeness (QED) is 0.301. The molecule has 1 aliphatic heterocycles. The van der Waals surface area contributed by atoms with Crippen molar-refractivity contribution in [2.24, 2.45) is 0 Å². The Labute approximate surface area is 236 Å². The summed E-state index contributed by atoms with van der Waals surface area (Å²) in [5, 5.41) is 23.3. The lowest BCUT2D eigenvalue weighted by Gasteiger charge is -2.41. The van der Waals surface area contributed by atoms with E-state index in [2.05, 4.69) is 0 Å². The second-order valence-electron chi connectivity index (χ2n) is 8.98. The molecule has 0 unspecified atom stereocenters. The van der Waals surface area contributed by atoms with Crippen molar-refractivity contribution in [3.63, 3.8) is 0 Å². The van der Waals surface area contributed by atoms with Gasteiger partial charge in [0, 0.05) is 33.2 Å². The maximum absolute atomic E-state index is 12.8. The Morgan fingerprint density at radius 2 is 1.19 bits per heavy atom. The minimum atomic E-state index is -0.525. The minimum absolute atomic E-state index is 0. The van der Waals surface area contributed by atoms with E-state index in [9.17, 15) is 20.0 Å². The third kappa shape index (κ3) is 7.16. The highest BCUT2D eigenvalue weighted by Gasteiger charge is 2.34. The molecule has 2 aromatic rings. The first-order chi connectivity index (χ1) is 16.3. The van der Waals surface area contributed by atoms with Crippen molar-refractivity contribution in [3.05, 3.63) is 55.5 Å². The van der Waals surface area contributed by atoms with Gasteiger partial charge in [-0.25, -0.2) is 0 Å². The molecule has 1 aliphatic rings. The van der Waals surface area contributed by atoms with Crippen LogP contribution in [0.1, 0.15) is 11.1 Å². The summed E-state index contributed by atoms with van der Waals surface area (Å²) in [6.45, 7) is 5.70. The highest BCUT2D eigenvalue weighted by Crippen LogP contribution is 2.31. The van der Waals surface area contributed by atoms with Crippen LogP contribution in [0.5, 0.6) is 0 Å². The number of halogens is 5. The predicted octanol–water partition coefficient (Wildman–Crippen LogP) is 1.83. The van der Waals surface area contributed by atoms with Crippen LogP contribution in [-0.4, -0.2) is 77.9 Å². The molecule has 3 rings (SSSR count). The van der Waals surface area contributed by atoms with Gasteiger partial charge in [0.25, 0.3) is 5.91 Å². The Hall–Kier alpha value is -1.33. The summed E-state index contributed by atoms with van der Waals surface area (Å²) in [4.78, 5) is 27.3. The fraction of sp³-hybridized carbons (Fsp3) is 0.391. The standard InChI is InChI=1S/C23H27Cl4N4O4.ClH/c1-14-18(24)8-16(9-19(14)25)29(34)22(32)12-28-4-6-31(3,7-5-28)13-23(33)30(35)17-10-20(26)15(2)21(27)11-17;/h8-11,34-35H,4-7,12-13H2,1-3H3;1H/q+1;/p-1. The molecule has 8 nitrogen and oxygen atoms in total. The van der Waals surface area contributed by atoms with Gasteiger partial charge in [0.2, 0.25) is 0 Å². The molecular weight excluding hydrogens is 574 g/mol. The van der Waals surface area contributed by atoms with Crippen molar-refractivity contribution in [2.45, 2.75) is 13.8 Å². The van der Waals surface area contributed by atoms with Crippen molar-refractivity contribution in [1.29, 1.82) is 0 Å². The Morgan fingerprint density at radius 1 is 0.833 bits per heavy atom. The van der Waals surface area contributed by atoms with Gasteiger partial charge in [-0.15, -0.1) is 0 Å². The number of rotatable bonds is 6. The number of likely N-dealkylation sites (N-methyl/N-ethyl adjacent to an activating group) is 1. The van der Waals surface area contributed by atoms with Crippen LogP contribution in [0.3, 0.4) is 0 Å². The van der Waals surface area contributed by atoms with Crippen molar-refractivity contribution >= 4 is 69.6 Å². The monoisotopic (exact) mass is 598 g/mol. The first-order valence-corrected chi connectivity index (χ1v) is 12.3. The van der Waals surface area contributed by atoms with Gasteiger partial charge in [-0.05, 0) is 49.2 Å². The van der Waals surface area contributed by atoms with E-state index >= 15 is 0 Å². The molecule has 0 saturated carbocycles. The lowest BCUT2D eigenvalue weighted by atomic mass is 10.2. The zero-order chi connectivity index (χ0) is 26.1. The van der Waals surface area contributed by atoms with E-state index < -0.39 is 11.8 Å². The van der Waals surface area contributed by atoms with Crippen LogP contribution in [0.2, 0.25) is 20.1 Å². The first-order valence-electron chi connectivity index (χ1n) is 10.8. The van der Waals surface area contributed by atoms with Gasteiger partial charge >= 0.3 is 5.91 Å². The van der Waals surface area contributed by atoms with Gasteiger partial charge < -0.3 is 16.9 Å². The van der Waals surface area contributed by atoms with Crippen molar-refractivity contribution < 1.29 is 36.9 Å². The van der Waals surface area contributed by atoms with Crippen LogP contribution < -0.4 is 22.5 Å². The fourth-order valence-corrected chi connectivity index (χ4v) is 4.70. The Morgan fingerprint density at radius 3 is 1.58 bits per heavy atom. The van der Waals surface area contributed by atoms with E-state index in [4.69, 9.17) is 46.4 Å². The van der Waals surface area contributed by atoms with Crippen LogP contribution in [0.25, 0.3) is 0 Å². The van der Waals surface area contributed by atoms with E-state index in [0.717, 1.165) is 0 Å². The Kier molecular flexibility index (Phi) is 10.7. The molecule has 0 aliphatic carbocycles. The van der Waals surface area contributed by atoms with Gasteiger partial charge in [0.1, 0.15) is 0 Å². The maximum atomic E-state index is 12.8. The minimum Gasteiger partial charge on any atom is -1.00 e. The maximum Gasteiger partial charge on any atom is 0.305 e. The zero-order valence-electron chi connectivity index (χ0n) is 19.9. The van der Waals surface area contributed by atoms with E-state index in [-0.39, 0.29) is 36.9 Å². The van der Waals surface area contributed by atoms with E-state index in [1.807, 2.05) is 11.9 Å². The fourth-order valence-electron chi connectivity index (χ4n) is 3.75. The number of hydroxylamine groups is 2. The second-order valence-corrected chi connectivity index (χ2v) is 10.6. The third-order valence-corrected chi connectivity index (χ3v) is 7.85. The molecule has 0 aromatic heterocycles. The second kappa shape index (κ2) is 12.5. The summed E-state index contributed by atoms with van der Waals surface area (Å²) in [7, 11) is 1.91. The molecule has 0 spiro atoms. The summed E-state index contributed by atoms with van der Waals surface area (Å²) in [6, 6.07) is 5.93. The van der Waals surface area contributed by atoms with Crippen LogP contribution >= 0.6 is 46.4 Å². The lowest BCUT2D eigenvalue weighted by molar-refractivity contribution is -0.906. The molecule has 198 valence electrons. The molecule has 1 saturated heterocycles. The number of carbonyl (C=O) groups excluding carboxylic acids is 2. The number of benzene rings is 2. The smallest absolute Gasteiger partial charge is 0.305 e. The summed E-state index contributed by atoms with van der Waals surface area (Å²) in [5.41, 5.74) is 1.72. The van der Waals surface area contributed by atoms with Gasteiger partial charge in [-0.1, -0.05) is 46.4 Å². The lowest BCUT2D eigenvalue weighted by Crippen LogP contribution is -3.00. The van der Waals surface area contributed by atoms with Crippen LogP contribution in [-0.2, 0) is 9.59 Å². The van der Waals surface area contributed by atoms with Gasteiger partial charge in [-0.3, -0.25) is 24.9 Å². The van der Waals surface area contributed by atoms with Crippen molar-refractivity contribution in [3.8, 4) is 0 Å². The highest BCUT2D eigenvalue weighted by molar-refractivity contribution is 6.37. The molecular formula is C23H27Cl5N4O4. The van der Waals surface area contributed by atoms with Crippen molar-refractivity contribution in [1.82, 2.24) is 4.90 Å². The molecule has 2 N–H and O–H groups in total. The Balaban J connectivity index is 0.00000456. The van der Waals surface area contributed by atoms with Gasteiger partial charge in [0.05, 0.1) is 38.1 Å². The van der Waals surface area contributed by atoms with Crippen LogP contribution in [0.4, 0.5) is 11.4 Å². The summed E-state index contributed by atoms with van der Waals surface area (Å²) < 4.78 is 0.375. The molecule has 0 radical (unpaired) electrons. The molecule has 2 amide bonds. The predicted molar refractivity (Wildman–Crippen MR) is 138 cm³/mol. The first kappa shape index (κ1) is 30.9. The number of carbonyl (C=O) groups is 2. The number of piperazine rings is 1. The number of quaternary nitrogens is 1. The SMILES string of the molecule is Cc1c(Cl)cc(N(O)C(=O)CN2CC[N+](C)(CC(=O)N(O)c3cc(Cl)c(C)c(Cl)c3)CC2)cc1Cl.[Cl-].